The summed E-state index contributed by atoms with van der Waals surface area (Å²) in [4.78, 5) is 5.59. The van der Waals surface area contributed by atoms with E-state index in [0.717, 1.165) is 0 Å². The molecule has 1 heterocycles. The monoisotopic (exact) mass is 302 g/mol. The number of halogens is 4. The van der Waals surface area contributed by atoms with Gasteiger partial charge >= 0.3 is 6.18 Å². The normalized spacial score (nSPS) is 11.8. The Morgan fingerprint density at radius 2 is 1.95 bits per heavy atom. The smallest absolute Gasteiger partial charge is 0.361 e. The highest BCUT2D eigenvalue weighted by molar-refractivity contribution is 6.18. The number of nitrogens with zero attached hydrogens (tertiary/aromatic N) is 2. The molecule has 0 N–H and O–H groups in total. The summed E-state index contributed by atoms with van der Waals surface area (Å²) in [5.41, 5.74) is 1.88. The molecule has 0 saturated carbocycles. The quantitative estimate of drug-likeness (QED) is 0.789. The maximum absolute atomic E-state index is 12.7. The SMILES string of the molecule is Cc1cc(N(CCCl)CC(F)(F)F)c2ccccc2n1. The second kappa shape index (κ2) is 5.87. The molecule has 0 aliphatic heterocycles. The van der Waals surface area contributed by atoms with Crippen LogP contribution in [0.4, 0.5) is 18.9 Å². The fraction of sp³-hybridized carbons (Fsp3) is 0.357. The van der Waals surface area contributed by atoms with E-state index in [1.807, 2.05) is 6.07 Å². The van der Waals surface area contributed by atoms with Crippen LogP contribution in [0.2, 0.25) is 0 Å². The average molecular weight is 303 g/mol. The van der Waals surface area contributed by atoms with E-state index in [4.69, 9.17) is 11.6 Å². The number of rotatable bonds is 4. The minimum Gasteiger partial charge on any atom is -0.361 e. The highest BCUT2D eigenvalue weighted by Crippen LogP contribution is 2.29. The minimum absolute atomic E-state index is 0.131. The largest absolute Gasteiger partial charge is 0.405 e. The van der Waals surface area contributed by atoms with Crippen LogP contribution in [0.25, 0.3) is 10.9 Å². The van der Waals surface area contributed by atoms with Gasteiger partial charge in [-0.25, -0.2) is 0 Å². The summed E-state index contributed by atoms with van der Waals surface area (Å²) in [5.74, 6) is 0.131. The van der Waals surface area contributed by atoms with Gasteiger partial charge in [-0.3, -0.25) is 4.98 Å². The van der Waals surface area contributed by atoms with E-state index in [9.17, 15) is 13.2 Å². The number of para-hydroxylation sites is 1. The molecule has 2 nitrogen and oxygen atoms in total. The molecule has 0 aliphatic rings. The van der Waals surface area contributed by atoms with Gasteiger partial charge in [0.1, 0.15) is 6.54 Å². The van der Waals surface area contributed by atoms with Crippen molar-refractivity contribution in [2.24, 2.45) is 0 Å². The Labute approximate surface area is 120 Å². The van der Waals surface area contributed by atoms with E-state index in [2.05, 4.69) is 4.98 Å². The summed E-state index contributed by atoms with van der Waals surface area (Å²) in [6.45, 7) is 0.879. The fourth-order valence-corrected chi connectivity index (χ4v) is 2.35. The molecular formula is C14H14ClF3N2. The van der Waals surface area contributed by atoms with Gasteiger partial charge in [0.25, 0.3) is 0 Å². The standard InChI is InChI=1S/C14H14ClF3N2/c1-10-8-13(11-4-2-3-5-12(11)19-10)20(7-6-15)9-14(16,17)18/h2-5,8H,6-7,9H2,1H3. The van der Waals surface area contributed by atoms with E-state index >= 15 is 0 Å². The Kier molecular flexibility index (Phi) is 4.38. The van der Waals surface area contributed by atoms with E-state index in [0.29, 0.717) is 22.3 Å². The lowest BCUT2D eigenvalue weighted by molar-refractivity contribution is -0.119. The first kappa shape index (κ1) is 14.9. The topological polar surface area (TPSA) is 16.1 Å². The van der Waals surface area contributed by atoms with Crippen LogP contribution in [0.3, 0.4) is 0 Å². The van der Waals surface area contributed by atoms with E-state index in [1.54, 1.807) is 31.2 Å². The molecule has 0 radical (unpaired) electrons. The summed E-state index contributed by atoms with van der Waals surface area (Å²) < 4.78 is 38.1. The van der Waals surface area contributed by atoms with Gasteiger partial charge in [-0.05, 0) is 19.1 Å². The third kappa shape index (κ3) is 3.54. The Morgan fingerprint density at radius 3 is 2.60 bits per heavy atom. The van der Waals surface area contributed by atoms with Crippen molar-refractivity contribution in [3.8, 4) is 0 Å². The number of alkyl halides is 4. The van der Waals surface area contributed by atoms with Gasteiger partial charge in [0.2, 0.25) is 0 Å². The zero-order chi connectivity index (χ0) is 14.8. The maximum Gasteiger partial charge on any atom is 0.405 e. The second-order valence-corrected chi connectivity index (χ2v) is 4.90. The first-order valence-electron chi connectivity index (χ1n) is 6.15. The number of anilines is 1. The summed E-state index contributed by atoms with van der Waals surface area (Å²) >= 11 is 5.64. The molecule has 0 spiro atoms. The second-order valence-electron chi connectivity index (χ2n) is 4.53. The zero-order valence-corrected chi connectivity index (χ0v) is 11.7. The molecule has 6 heteroatoms. The predicted octanol–water partition coefficient (Wildman–Crippen LogP) is 4.15. The number of fused-ring (bicyclic) bond motifs is 1. The molecule has 1 aromatic heterocycles. The Morgan fingerprint density at radius 1 is 1.25 bits per heavy atom. The average Bonchev–Trinajstić information content (AvgIpc) is 2.35. The van der Waals surface area contributed by atoms with Gasteiger partial charge in [-0.2, -0.15) is 13.2 Å². The number of benzene rings is 1. The van der Waals surface area contributed by atoms with E-state index in [1.165, 1.54) is 4.90 Å². The van der Waals surface area contributed by atoms with E-state index < -0.39 is 12.7 Å². The molecule has 0 amide bonds. The van der Waals surface area contributed by atoms with Gasteiger partial charge in [-0.1, -0.05) is 18.2 Å². The van der Waals surface area contributed by atoms with Crippen LogP contribution in [0.1, 0.15) is 5.69 Å². The molecule has 0 bridgehead atoms. The first-order valence-corrected chi connectivity index (χ1v) is 6.68. The summed E-state index contributed by atoms with van der Waals surface area (Å²) in [5, 5.41) is 0.701. The van der Waals surface area contributed by atoms with Crippen LogP contribution in [0.15, 0.2) is 30.3 Å². The lowest BCUT2D eigenvalue weighted by Gasteiger charge is -2.26. The Hall–Kier alpha value is -1.49. The van der Waals surface area contributed by atoms with Crippen molar-refractivity contribution in [3.63, 3.8) is 0 Å². The minimum atomic E-state index is -4.27. The van der Waals surface area contributed by atoms with Crippen molar-refractivity contribution in [2.45, 2.75) is 13.1 Å². The first-order chi connectivity index (χ1) is 9.40. The Balaban J connectivity index is 2.52. The summed E-state index contributed by atoms with van der Waals surface area (Å²) in [6.07, 6.45) is -4.27. The number of pyridine rings is 1. The summed E-state index contributed by atoms with van der Waals surface area (Å²) in [6, 6.07) is 8.83. The van der Waals surface area contributed by atoms with E-state index in [-0.39, 0.29) is 12.4 Å². The highest BCUT2D eigenvalue weighted by atomic mass is 35.5. The van der Waals surface area contributed by atoms with Gasteiger partial charge in [0.05, 0.1) is 5.52 Å². The molecule has 0 fully saturated rings. The maximum atomic E-state index is 12.7. The molecule has 1 aromatic carbocycles. The molecule has 2 rings (SSSR count). The number of hydrogen-bond donors (Lipinski definition) is 0. The predicted molar refractivity (Wildman–Crippen MR) is 75.5 cm³/mol. The van der Waals surface area contributed by atoms with Crippen molar-refractivity contribution in [2.75, 3.05) is 23.9 Å². The lowest BCUT2D eigenvalue weighted by atomic mass is 10.1. The number of aryl methyl sites for hydroxylation is 1. The summed E-state index contributed by atoms with van der Waals surface area (Å²) in [7, 11) is 0. The Bertz CT molecular complexity index is 598. The molecule has 0 atom stereocenters. The van der Waals surface area contributed by atoms with Crippen LogP contribution >= 0.6 is 11.6 Å². The van der Waals surface area contributed by atoms with Crippen LogP contribution in [-0.2, 0) is 0 Å². The highest BCUT2D eigenvalue weighted by Gasteiger charge is 2.31. The van der Waals surface area contributed by atoms with Gasteiger partial charge in [0, 0.05) is 29.2 Å². The fourth-order valence-electron chi connectivity index (χ4n) is 2.15. The van der Waals surface area contributed by atoms with Crippen LogP contribution < -0.4 is 4.90 Å². The molecule has 108 valence electrons. The van der Waals surface area contributed by atoms with Crippen molar-refractivity contribution in [1.29, 1.82) is 0 Å². The molecule has 2 aromatic rings. The van der Waals surface area contributed by atoms with Gasteiger partial charge in [-0.15, -0.1) is 11.6 Å². The van der Waals surface area contributed by atoms with Crippen molar-refractivity contribution in [3.05, 3.63) is 36.0 Å². The molecule has 0 unspecified atom stereocenters. The molecular weight excluding hydrogens is 289 g/mol. The lowest BCUT2D eigenvalue weighted by Crippen LogP contribution is -2.35. The third-order valence-corrected chi connectivity index (χ3v) is 3.06. The van der Waals surface area contributed by atoms with Gasteiger partial charge < -0.3 is 4.90 Å². The van der Waals surface area contributed by atoms with Crippen LogP contribution in [-0.4, -0.2) is 30.1 Å². The van der Waals surface area contributed by atoms with Crippen molar-refractivity contribution < 1.29 is 13.2 Å². The zero-order valence-electron chi connectivity index (χ0n) is 10.9. The third-order valence-electron chi connectivity index (χ3n) is 2.89. The van der Waals surface area contributed by atoms with Crippen molar-refractivity contribution >= 4 is 28.2 Å². The molecule has 20 heavy (non-hydrogen) atoms. The molecule has 0 aliphatic carbocycles. The van der Waals surface area contributed by atoms with Crippen LogP contribution in [0.5, 0.6) is 0 Å². The van der Waals surface area contributed by atoms with Gasteiger partial charge in [0.15, 0.2) is 0 Å². The van der Waals surface area contributed by atoms with Crippen LogP contribution in [0, 0.1) is 6.92 Å². The van der Waals surface area contributed by atoms with Crippen molar-refractivity contribution in [1.82, 2.24) is 4.98 Å². The number of hydrogen-bond acceptors (Lipinski definition) is 2. The molecule has 0 saturated heterocycles. The number of aromatic nitrogens is 1.